The van der Waals surface area contributed by atoms with Crippen molar-refractivity contribution in [2.24, 2.45) is 0 Å². The molecule has 0 saturated carbocycles. The van der Waals surface area contributed by atoms with E-state index in [1.807, 2.05) is 0 Å². The minimum Gasteiger partial charge on any atom is -0.354 e. The summed E-state index contributed by atoms with van der Waals surface area (Å²) in [5, 5.41) is 11.1. The maximum Gasteiger partial charge on any atom is 0.244 e. The molecule has 28 heavy (non-hydrogen) atoms. The fraction of sp³-hybridized carbons (Fsp3) is 0.500. The van der Waals surface area contributed by atoms with Crippen LogP contribution in [0.4, 0.5) is 4.39 Å². The first-order valence-electron chi connectivity index (χ1n) is 9.34. The molecule has 2 aromatic rings. The Bertz CT molecular complexity index is 944. The number of hydrogen-bond donors (Lipinski definition) is 2. The van der Waals surface area contributed by atoms with E-state index in [0.717, 1.165) is 49.6 Å². The predicted molar refractivity (Wildman–Crippen MR) is 100 cm³/mol. The summed E-state index contributed by atoms with van der Waals surface area (Å²) in [5.41, 5.74) is 0. The zero-order valence-corrected chi connectivity index (χ0v) is 16.5. The Morgan fingerprint density at radius 3 is 2.82 bits per heavy atom. The lowest BCUT2D eigenvalue weighted by molar-refractivity contribution is -0.122. The monoisotopic (exact) mass is 409 g/mol. The summed E-state index contributed by atoms with van der Waals surface area (Å²) in [6.07, 6.45) is 4.77. The van der Waals surface area contributed by atoms with Crippen LogP contribution in [0.2, 0.25) is 0 Å². The van der Waals surface area contributed by atoms with E-state index in [2.05, 4.69) is 24.8 Å². The van der Waals surface area contributed by atoms with Gasteiger partial charge < -0.3 is 9.88 Å². The van der Waals surface area contributed by atoms with Gasteiger partial charge in [0.2, 0.25) is 15.9 Å². The van der Waals surface area contributed by atoms with E-state index in [-0.39, 0.29) is 0 Å². The average Bonchev–Trinajstić information content (AvgIpc) is 2.88. The van der Waals surface area contributed by atoms with Gasteiger partial charge in [-0.3, -0.25) is 4.79 Å². The van der Waals surface area contributed by atoms with Crippen LogP contribution in [0, 0.1) is 5.82 Å². The van der Waals surface area contributed by atoms with Gasteiger partial charge in [0.1, 0.15) is 22.4 Å². The topological polar surface area (TPSA) is 106 Å². The molecule has 1 aliphatic heterocycles. The summed E-state index contributed by atoms with van der Waals surface area (Å²) in [5.74, 6) is 0.437. The van der Waals surface area contributed by atoms with Crippen molar-refractivity contribution in [1.29, 1.82) is 0 Å². The number of aryl methyl sites for hydroxylation is 1. The molecular weight excluding hydrogens is 385 g/mol. The molecule has 0 saturated heterocycles. The molecule has 1 aliphatic rings. The molecule has 8 nitrogen and oxygen atoms in total. The molecule has 0 bridgehead atoms. The van der Waals surface area contributed by atoms with Crippen LogP contribution in [0.15, 0.2) is 29.2 Å². The van der Waals surface area contributed by atoms with Crippen LogP contribution in [0.5, 0.6) is 0 Å². The Hall–Kier alpha value is -2.33. The Balaban J connectivity index is 1.54. The number of carbonyl (C=O) groups is 1. The fourth-order valence-electron chi connectivity index (χ4n) is 3.19. The SMILES string of the molecule is C[C@H](NS(=O)(=O)c1ccccc1F)C(=O)NCCc1nnc2n1CCCCC2. The minimum atomic E-state index is -4.13. The zero-order chi connectivity index (χ0) is 20.1. The van der Waals surface area contributed by atoms with Crippen molar-refractivity contribution in [3.8, 4) is 0 Å². The molecule has 10 heteroatoms. The van der Waals surface area contributed by atoms with E-state index < -0.39 is 32.7 Å². The second-order valence-electron chi connectivity index (χ2n) is 6.81. The van der Waals surface area contributed by atoms with E-state index in [1.165, 1.54) is 25.5 Å². The van der Waals surface area contributed by atoms with Gasteiger partial charge in [-0.05, 0) is 31.9 Å². The first-order chi connectivity index (χ1) is 13.4. The third kappa shape index (κ3) is 4.74. The first kappa shape index (κ1) is 20.4. The van der Waals surface area contributed by atoms with Gasteiger partial charge in [-0.25, -0.2) is 12.8 Å². The van der Waals surface area contributed by atoms with Gasteiger partial charge in [0.15, 0.2) is 0 Å². The van der Waals surface area contributed by atoms with Crippen LogP contribution in [-0.2, 0) is 34.2 Å². The summed E-state index contributed by atoms with van der Waals surface area (Å²) in [4.78, 5) is 11.7. The van der Waals surface area contributed by atoms with Crippen molar-refractivity contribution in [1.82, 2.24) is 24.8 Å². The maximum atomic E-state index is 13.7. The number of aromatic nitrogens is 3. The third-order valence-electron chi connectivity index (χ3n) is 4.69. The smallest absolute Gasteiger partial charge is 0.244 e. The summed E-state index contributed by atoms with van der Waals surface area (Å²) in [6, 6.07) is 3.99. The predicted octanol–water partition coefficient (Wildman–Crippen LogP) is 1.17. The highest BCUT2D eigenvalue weighted by Gasteiger charge is 2.24. The van der Waals surface area contributed by atoms with Gasteiger partial charge in [-0.2, -0.15) is 4.72 Å². The largest absolute Gasteiger partial charge is 0.354 e. The van der Waals surface area contributed by atoms with E-state index >= 15 is 0 Å². The van der Waals surface area contributed by atoms with Crippen molar-refractivity contribution in [3.05, 3.63) is 41.7 Å². The number of fused-ring (bicyclic) bond motifs is 1. The number of halogens is 1. The number of amides is 1. The van der Waals surface area contributed by atoms with Gasteiger partial charge in [0, 0.05) is 25.9 Å². The van der Waals surface area contributed by atoms with Crippen LogP contribution in [0.3, 0.4) is 0 Å². The van der Waals surface area contributed by atoms with Crippen molar-refractivity contribution in [3.63, 3.8) is 0 Å². The van der Waals surface area contributed by atoms with E-state index in [4.69, 9.17) is 0 Å². The molecule has 0 unspecified atom stereocenters. The summed E-state index contributed by atoms with van der Waals surface area (Å²) < 4.78 is 42.6. The number of hydrogen-bond acceptors (Lipinski definition) is 5. The number of benzene rings is 1. The number of rotatable bonds is 7. The fourth-order valence-corrected chi connectivity index (χ4v) is 4.48. The van der Waals surface area contributed by atoms with Crippen molar-refractivity contribution >= 4 is 15.9 Å². The molecule has 1 atom stereocenters. The summed E-state index contributed by atoms with van der Waals surface area (Å²) in [7, 11) is -4.13. The number of nitrogens with zero attached hydrogens (tertiary/aromatic N) is 3. The van der Waals surface area contributed by atoms with Crippen molar-refractivity contribution in [2.45, 2.75) is 56.5 Å². The normalized spacial score (nSPS) is 15.5. The van der Waals surface area contributed by atoms with Crippen LogP contribution >= 0.6 is 0 Å². The van der Waals surface area contributed by atoms with Crippen LogP contribution in [0.1, 0.15) is 37.8 Å². The molecule has 0 fully saturated rings. The Morgan fingerprint density at radius 1 is 1.25 bits per heavy atom. The molecule has 1 aromatic carbocycles. The Labute approximate surface area is 163 Å². The molecule has 3 rings (SSSR count). The summed E-state index contributed by atoms with van der Waals surface area (Å²) in [6.45, 7) is 2.60. The molecule has 0 spiro atoms. The minimum absolute atomic E-state index is 0.308. The maximum absolute atomic E-state index is 13.7. The van der Waals surface area contributed by atoms with Crippen molar-refractivity contribution in [2.75, 3.05) is 6.54 Å². The average molecular weight is 409 g/mol. The summed E-state index contributed by atoms with van der Waals surface area (Å²) >= 11 is 0. The molecular formula is C18H24FN5O3S. The zero-order valence-electron chi connectivity index (χ0n) is 15.7. The van der Waals surface area contributed by atoms with E-state index in [9.17, 15) is 17.6 Å². The second kappa shape index (κ2) is 8.78. The third-order valence-corrected chi connectivity index (χ3v) is 6.26. The van der Waals surface area contributed by atoms with Crippen LogP contribution in [0.25, 0.3) is 0 Å². The Morgan fingerprint density at radius 2 is 2.04 bits per heavy atom. The molecule has 0 aliphatic carbocycles. The molecule has 152 valence electrons. The molecule has 0 radical (unpaired) electrons. The number of nitrogens with one attached hydrogen (secondary N) is 2. The van der Waals surface area contributed by atoms with Gasteiger partial charge in [0.05, 0.1) is 6.04 Å². The number of carbonyl (C=O) groups excluding carboxylic acids is 1. The van der Waals surface area contributed by atoms with Crippen LogP contribution < -0.4 is 10.0 Å². The lowest BCUT2D eigenvalue weighted by Gasteiger charge is -2.15. The van der Waals surface area contributed by atoms with Gasteiger partial charge >= 0.3 is 0 Å². The lowest BCUT2D eigenvalue weighted by atomic mass is 10.2. The first-order valence-corrected chi connectivity index (χ1v) is 10.8. The van der Waals surface area contributed by atoms with E-state index in [0.29, 0.717) is 13.0 Å². The second-order valence-corrected chi connectivity index (χ2v) is 8.49. The quantitative estimate of drug-likeness (QED) is 0.714. The van der Waals surface area contributed by atoms with E-state index in [1.54, 1.807) is 0 Å². The van der Waals surface area contributed by atoms with Gasteiger partial charge in [-0.1, -0.05) is 18.6 Å². The molecule has 2 heterocycles. The molecule has 2 N–H and O–H groups in total. The van der Waals surface area contributed by atoms with Crippen LogP contribution in [-0.4, -0.2) is 41.7 Å². The number of sulfonamides is 1. The molecule has 1 amide bonds. The highest BCUT2D eigenvalue weighted by atomic mass is 32.2. The highest BCUT2D eigenvalue weighted by Crippen LogP contribution is 2.15. The van der Waals surface area contributed by atoms with Gasteiger partial charge in [-0.15, -0.1) is 10.2 Å². The standard InChI is InChI=1S/C18H24FN5O3S/c1-13(23-28(26,27)15-8-5-4-7-14(15)19)18(25)20-11-10-17-22-21-16-9-3-2-6-12-24(16)17/h4-5,7-8,13,23H,2-3,6,9-12H2,1H3,(H,20,25)/t13-/m0/s1. The Kier molecular flexibility index (Phi) is 6.40. The molecule has 1 aromatic heterocycles. The highest BCUT2D eigenvalue weighted by molar-refractivity contribution is 7.89. The lowest BCUT2D eigenvalue weighted by Crippen LogP contribution is -2.45. The van der Waals surface area contributed by atoms with Crippen molar-refractivity contribution < 1.29 is 17.6 Å². The van der Waals surface area contributed by atoms with Gasteiger partial charge in [0.25, 0.3) is 0 Å².